The third-order valence-corrected chi connectivity index (χ3v) is 2.90. The first kappa shape index (κ1) is 15.6. The monoisotopic (exact) mass is 267 g/mol. The molecule has 0 amide bonds. The molecule has 5 heteroatoms. The van der Waals surface area contributed by atoms with Crippen LogP contribution in [0, 0.1) is 0 Å². The summed E-state index contributed by atoms with van der Waals surface area (Å²) in [5, 5.41) is 22.2. The van der Waals surface area contributed by atoms with Crippen molar-refractivity contribution in [2.45, 2.75) is 25.0 Å². The highest BCUT2D eigenvalue weighted by molar-refractivity contribution is 5.66. The maximum Gasteiger partial charge on any atom is 0.303 e. The molecule has 0 saturated carbocycles. The zero-order chi connectivity index (χ0) is 14.1. The summed E-state index contributed by atoms with van der Waals surface area (Å²) in [7, 11) is 1.60. The van der Waals surface area contributed by atoms with E-state index < -0.39 is 12.1 Å². The van der Waals surface area contributed by atoms with Gasteiger partial charge in [0.25, 0.3) is 0 Å². The molecule has 1 rings (SSSR count). The molecule has 0 aliphatic heterocycles. The van der Waals surface area contributed by atoms with Crippen LogP contribution in [-0.4, -0.2) is 42.5 Å². The number of ether oxygens (including phenoxy) is 1. The van der Waals surface area contributed by atoms with Crippen LogP contribution >= 0.6 is 0 Å². The average Bonchev–Trinajstić information content (AvgIpc) is 2.42. The minimum Gasteiger partial charge on any atom is -0.481 e. The Bertz CT molecular complexity index is 369. The van der Waals surface area contributed by atoms with Crippen LogP contribution in [0.5, 0.6) is 0 Å². The fourth-order valence-corrected chi connectivity index (χ4v) is 1.88. The van der Waals surface area contributed by atoms with Crippen molar-refractivity contribution in [3.05, 3.63) is 35.9 Å². The Balaban J connectivity index is 2.62. The number of hydrogen-bond donors (Lipinski definition) is 3. The van der Waals surface area contributed by atoms with Gasteiger partial charge in [-0.2, -0.15) is 0 Å². The number of nitrogens with one attached hydrogen (secondary N) is 1. The lowest BCUT2D eigenvalue weighted by Gasteiger charge is -2.24. The zero-order valence-electron chi connectivity index (χ0n) is 11.1. The van der Waals surface area contributed by atoms with Crippen LogP contribution in [0.25, 0.3) is 0 Å². The molecule has 3 N–H and O–H groups in total. The average molecular weight is 267 g/mol. The molecule has 0 aliphatic rings. The highest BCUT2D eigenvalue weighted by atomic mass is 16.5. The zero-order valence-corrected chi connectivity index (χ0v) is 11.1. The van der Waals surface area contributed by atoms with E-state index in [9.17, 15) is 9.90 Å². The molecule has 5 nitrogen and oxygen atoms in total. The lowest BCUT2D eigenvalue weighted by Crippen LogP contribution is -2.37. The summed E-state index contributed by atoms with van der Waals surface area (Å²) < 4.78 is 4.94. The van der Waals surface area contributed by atoms with Gasteiger partial charge in [0.2, 0.25) is 0 Å². The fourth-order valence-electron chi connectivity index (χ4n) is 1.88. The smallest absolute Gasteiger partial charge is 0.303 e. The standard InChI is InChI=1S/C14H21NO4/c1-19-10-9-15-12(7-8-13(16)17)14(18)11-5-3-2-4-6-11/h2-6,12,14-15,18H,7-10H2,1H3,(H,16,17). The summed E-state index contributed by atoms with van der Waals surface area (Å²) in [5.74, 6) is -0.862. The van der Waals surface area contributed by atoms with Gasteiger partial charge in [-0.05, 0) is 12.0 Å². The fraction of sp³-hybridized carbons (Fsp3) is 0.500. The maximum atomic E-state index is 10.7. The van der Waals surface area contributed by atoms with Crippen molar-refractivity contribution in [1.82, 2.24) is 5.32 Å². The predicted molar refractivity (Wildman–Crippen MR) is 71.9 cm³/mol. The molecule has 1 aromatic carbocycles. The molecule has 1 aromatic rings. The predicted octanol–water partition coefficient (Wildman–Crippen LogP) is 1.19. The van der Waals surface area contributed by atoms with Gasteiger partial charge in [-0.15, -0.1) is 0 Å². The second-order valence-corrected chi connectivity index (χ2v) is 4.34. The third kappa shape index (κ3) is 5.83. The number of carboxylic acid groups (broad SMARTS) is 1. The van der Waals surface area contributed by atoms with Crippen LogP contribution in [0.15, 0.2) is 30.3 Å². The van der Waals surface area contributed by atoms with E-state index in [1.165, 1.54) is 0 Å². The second kappa shape index (κ2) is 8.63. The van der Waals surface area contributed by atoms with E-state index in [0.29, 0.717) is 19.6 Å². The molecular weight excluding hydrogens is 246 g/mol. The Morgan fingerprint density at radius 2 is 2.05 bits per heavy atom. The van der Waals surface area contributed by atoms with E-state index in [2.05, 4.69) is 5.32 Å². The number of hydrogen-bond acceptors (Lipinski definition) is 4. The van der Waals surface area contributed by atoms with Gasteiger partial charge in [0.05, 0.1) is 12.7 Å². The van der Waals surface area contributed by atoms with E-state index >= 15 is 0 Å². The van der Waals surface area contributed by atoms with Gasteiger partial charge in [-0.1, -0.05) is 30.3 Å². The Kier molecular flexibility index (Phi) is 7.10. The summed E-state index contributed by atoms with van der Waals surface area (Å²) >= 11 is 0. The Morgan fingerprint density at radius 1 is 1.37 bits per heavy atom. The summed E-state index contributed by atoms with van der Waals surface area (Å²) in [5.41, 5.74) is 0.780. The molecule has 2 unspecified atom stereocenters. The van der Waals surface area contributed by atoms with Crippen LogP contribution in [0.3, 0.4) is 0 Å². The first-order valence-corrected chi connectivity index (χ1v) is 6.32. The number of aliphatic hydroxyl groups excluding tert-OH is 1. The summed E-state index contributed by atoms with van der Waals surface area (Å²) in [4.78, 5) is 10.7. The molecular formula is C14H21NO4. The maximum absolute atomic E-state index is 10.7. The molecule has 2 atom stereocenters. The van der Waals surface area contributed by atoms with Gasteiger partial charge >= 0.3 is 5.97 Å². The quantitative estimate of drug-likeness (QED) is 0.586. The SMILES string of the molecule is COCCNC(CCC(=O)O)C(O)c1ccccc1. The summed E-state index contributed by atoms with van der Waals surface area (Å²) in [6.07, 6.45) is -0.332. The van der Waals surface area contributed by atoms with Crippen LogP contribution < -0.4 is 5.32 Å². The lowest BCUT2D eigenvalue weighted by atomic mass is 9.98. The van der Waals surface area contributed by atoms with Crippen LogP contribution in [0.1, 0.15) is 24.5 Å². The lowest BCUT2D eigenvalue weighted by molar-refractivity contribution is -0.137. The summed E-state index contributed by atoms with van der Waals surface area (Å²) in [6.45, 7) is 1.09. The first-order chi connectivity index (χ1) is 9.15. The van der Waals surface area contributed by atoms with Gasteiger partial charge in [-0.25, -0.2) is 0 Å². The van der Waals surface area contributed by atoms with Crippen molar-refractivity contribution in [1.29, 1.82) is 0 Å². The van der Waals surface area contributed by atoms with Gasteiger partial charge in [0.1, 0.15) is 0 Å². The third-order valence-electron chi connectivity index (χ3n) is 2.90. The Labute approximate surface area is 113 Å². The number of carboxylic acids is 1. The molecule has 0 aliphatic carbocycles. The number of aliphatic hydroxyl groups is 1. The number of carbonyl (C=O) groups is 1. The van der Waals surface area contributed by atoms with E-state index in [1.807, 2.05) is 30.3 Å². The van der Waals surface area contributed by atoms with Crippen molar-refractivity contribution in [3.63, 3.8) is 0 Å². The molecule has 0 fully saturated rings. The van der Waals surface area contributed by atoms with E-state index in [4.69, 9.17) is 9.84 Å². The molecule has 0 spiro atoms. The van der Waals surface area contributed by atoms with E-state index in [-0.39, 0.29) is 12.5 Å². The number of rotatable bonds is 9. The van der Waals surface area contributed by atoms with Crippen LogP contribution in [-0.2, 0) is 9.53 Å². The van der Waals surface area contributed by atoms with Crippen LogP contribution in [0.2, 0.25) is 0 Å². The Hall–Kier alpha value is -1.43. The number of benzene rings is 1. The van der Waals surface area contributed by atoms with Crippen molar-refractivity contribution in [2.24, 2.45) is 0 Å². The van der Waals surface area contributed by atoms with E-state index in [0.717, 1.165) is 5.56 Å². The van der Waals surface area contributed by atoms with Crippen molar-refractivity contribution in [2.75, 3.05) is 20.3 Å². The minimum absolute atomic E-state index is 0.0224. The number of aliphatic carboxylic acids is 1. The summed E-state index contributed by atoms with van der Waals surface area (Å²) in [6, 6.07) is 8.94. The number of methoxy groups -OCH3 is 1. The molecule has 0 heterocycles. The second-order valence-electron chi connectivity index (χ2n) is 4.34. The highest BCUT2D eigenvalue weighted by Gasteiger charge is 2.20. The van der Waals surface area contributed by atoms with Crippen molar-refractivity contribution < 1.29 is 19.7 Å². The van der Waals surface area contributed by atoms with Gasteiger partial charge in [-0.3, -0.25) is 4.79 Å². The minimum atomic E-state index is -0.862. The normalized spacial score (nSPS) is 14.0. The van der Waals surface area contributed by atoms with Gasteiger partial charge in [0.15, 0.2) is 0 Å². The van der Waals surface area contributed by atoms with Gasteiger partial charge in [0, 0.05) is 26.1 Å². The van der Waals surface area contributed by atoms with Gasteiger partial charge < -0.3 is 20.3 Å². The van der Waals surface area contributed by atoms with Crippen molar-refractivity contribution in [3.8, 4) is 0 Å². The largest absolute Gasteiger partial charge is 0.481 e. The first-order valence-electron chi connectivity index (χ1n) is 6.32. The molecule has 106 valence electrons. The molecule has 19 heavy (non-hydrogen) atoms. The molecule has 0 bridgehead atoms. The van der Waals surface area contributed by atoms with Crippen LogP contribution in [0.4, 0.5) is 0 Å². The molecule has 0 saturated heterocycles. The molecule has 0 aromatic heterocycles. The Morgan fingerprint density at radius 3 is 2.63 bits per heavy atom. The molecule has 0 radical (unpaired) electrons. The highest BCUT2D eigenvalue weighted by Crippen LogP contribution is 2.19. The van der Waals surface area contributed by atoms with E-state index in [1.54, 1.807) is 7.11 Å². The topological polar surface area (TPSA) is 78.8 Å². The van der Waals surface area contributed by atoms with Crippen molar-refractivity contribution >= 4 is 5.97 Å².